The summed E-state index contributed by atoms with van der Waals surface area (Å²) in [6, 6.07) is 7.47. The number of benzene rings is 1. The summed E-state index contributed by atoms with van der Waals surface area (Å²) in [6.07, 6.45) is 2.53. The van der Waals surface area contributed by atoms with Crippen molar-refractivity contribution < 1.29 is 14.3 Å². The lowest BCUT2D eigenvalue weighted by Crippen LogP contribution is -2.41. The Morgan fingerprint density at radius 2 is 2.12 bits per heavy atom. The smallest absolute Gasteiger partial charge is 0.227 e. The molecule has 0 spiro atoms. The van der Waals surface area contributed by atoms with Crippen molar-refractivity contribution in [1.82, 2.24) is 5.32 Å². The highest BCUT2D eigenvalue weighted by atomic mass is 35.5. The Morgan fingerprint density at radius 1 is 1.40 bits per heavy atom. The second-order valence-corrected chi connectivity index (χ2v) is 6.55. The van der Waals surface area contributed by atoms with Crippen molar-refractivity contribution in [1.29, 1.82) is 0 Å². The van der Waals surface area contributed by atoms with E-state index in [4.69, 9.17) is 10.5 Å². The summed E-state index contributed by atoms with van der Waals surface area (Å²) in [4.78, 5) is 26.4. The van der Waals surface area contributed by atoms with Gasteiger partial charge >= 0.3 is 0 Å². The minimum atomic E-state index is -0.335. The van der Waals surface area contributed by atoms with Crippen LogP contribution < -0.4 is 20.7 Å². The van der Waals surface area contributed by atoms with Crippen molar-refractivity contribution in [2.75, 3.05) is 24.6 Å². The van der Waals surface area contributed by atoms with Gasteiger partial charge in [-0.15, -0.1) is 12.4 Å². The minimum Gasteiger partial charge on any atom is -0.492 e. The summed E-state index contributed by atoms with van der Waals surface area (Å²) in [7, 11) is 0. The molecule has 2 fully saturated rings. The van der Waals surface area contributed by atoms with E-state index in [-0.39, 0.29) is 42.6 Å². The summed E-state index contributed by atoms with van der Waals surface area (Å²) < 4.78 is 5.59. The lowest BCUT2D eigenvalue weighted by molar-refractivity contribution is -0.126. The molecule has 1 aliphatic heterocycles. The first-order valence-corrected chi connectivity index (χ1v) is 8.65. The fraction of sp³-hybridized carbons (Fsp3) is 0.556. The molecule has 2 aliphatic rings. The molecule has 25 heavy (non-hydrogen) atoms. The van der Waals surface area contributed by atoms with Gasteiger partial charge in [-0.2, -0.15) is 0 Å². The van der Waals surface area contributed by atoms with Crippen molar-refractivity contribution in [3.8, 4) is 5.75 Å². The SMILES string of the molecule is CCOc1ccccc1N1CC(C(=O)NCC(N)C2CC2)CC1=O.Cl. The molecule has 0 aromatic heterocycles. The van der Waals surface area contributed by atoms with E-state index < -0.39 is 0 Å². The van der Waals surface area contributed by atoms with Gasteiger partial charge in [0.2, 0.25) is 11.8 Å². The number of carbonyl (C=O) groups is 2. The van der Waals surface area contributed by atoms with Crippen molar-refractivity contribution in [2.24, 2.45) is 17.6 Å². The lowest BCUT2D eigenvalue weighted by atomic mass is 10.1. The first-order valence-electron chi connectivity index (χ1n) is 8.65. The first kappa shape index (κ1) is 19.5. The average molecular weight is 368 g/mol. The molecule has 2 atom stereocenters. The Kier molecular flexibility index (Phi) is 6.67. The Morgan fingerprint density at radius 3 is 2.80 bits per heavy atom. The number of nitrogens with two attached hydrogens (primary N) is 1. The number of nitrogens with zero attached hydrogens (tertiary/aromatic N) is 1. The molecule has 1 aromatic carbocycles. The average Bonchev–Trinajstić information content (AvgIpc) is 3.36. The van der Waals surface area contributed by atoms with Crippen LogP contribution in [0.25, 0.3) is 0 Å². The van der Waals surface area contributed by atoms with Gasteiger partial charge in [-0.1, -0.05) is 12.1 Å². The van der Waals surface area contributed by atoms with Gasteiger partial charge in [0.1, 0.15) is 5.75 Å². The van der Waals surface area contributed by atoms with Gasteiger partial charge in [-0.25, -0.2) is 0 Å². The molecule has 1 aromatic rings. The Labute approximate surface area is 154 Å². The number of hydrogen-bond donors (Lipinski definition) is 2. The van der Waals surface area contributed by atoms with Crippen molar-refractivity contribution >= 4 is 29.9 Å². The van der Waals surface area contributed by atoms with Crippen LogP contribution in [-0.2, 0) is 9.59 Å². The van der Waals surface area contributed by atoms with Crippen LogP contribution in [0.2, 0.25) is 0 Å². The molecular weight excluding hydrogens is 342 g/mol. The van der Waals surface area contributed by atoms with Crippen LogP contribution in [0.3, 0.4) is 0 Å². The topological polar surface area (TPSA) is 84.7 Å². The fourth-order valence-electron chi connectivity index (χ4n) is 3.13. The first-order chi connectivity index (χ1) is 11.6. The largest absolute Gasteiger partial charge is 0.492 e. The Bertz CT molecular complexity index is 621. The number of para-hydroxylation sites is 2. The maximum absolute atomic E-state index is 12.4. The minimum absolute atomic E-state index is 0. The van der Waals surface area contributed by atoms with Gasteiger partial charge < -0.3 is 20.7 Å². The van der Waals surface area contributed by atoms with E-state index in [0.717, 1.165) is 18.5 Å². The molecule has 2 unspecified atom stereocenters. The Hall–Kier alpha value is -1.79. The van der Waals surface area contributed by atoms with Crippen LogP contribution >= 0.6 is 12.4 Å². The summed E-state index contributed by atoms with van der Waals surface area (Å²) in [6.45, 7) is 3.31. The number of anilines is 1. The van der Waals surface area contributed by atoms with E-state index in [1.54, 1.807) is 4.90 Å². The maximum Gasteiger partial charge on any atom is 0.227 e. The van der Waals surface area contributed by atoms with Gasteiger partial charge in [-0.05, 0) is 37.8 Å². The van der Waals surface area contributed by atoms with Gasteiger partial charge in [0, 0.05) is 25.6 Å². The number of ether oxygens (including phenoxy) is 1. The highest BCUT2D eigenvalue weighted by molar-refractivity contribution is 6.01. The van der Waals surface area contributed by atoms with Crippen LogP contribution in [0.4, 0.5) is 5.69 Å². The Balaban J connectivity index is 0.00000225. The summed E-state index contributed by atoms with van der Waals surface area (Å²) in [5.41, 5.74) is 6.75. The van der Waals surface area contributed by atoms with E-state index in [2.05, 4.69) is 5.32 Å². The van der Waals surface area contributed by atoms with E-state index in [1.165, 1.54) is 0 Å². The molecule has 138 valence electrons. The molecular formula is C18H26ClN3O3. The van der Waals surface area contributed by atoms with Gasteiger partial charge in [0.05, 0.1) is 18.2 Å². The van der Waals surface area contributed by atoms with E-state index in [9.17, 15) is 9.59 Å². The molecule has 3 N–H and O–H groups in total. The molecule has 1 saturated heterocycles. The number of amides is 2. The third-order valence-corrected chi connectivity index (χ3v) is 4.69. The van der Waals surface area contributed by atoms with Crippen molar-refractivity contribution in [3.05, 3.63) is 24.3 Å². The third-order valence-electron chi connectivity index (χ3n) is 4.69. The predicted molar refractivity (Wildman–Crippen MR) is 99.0 cm³/mol. The summed E-state index contributed by atoms with van der Waals surface area (Å²) in [5, 5.41) is 2.90. The molecule has 1 saturated carbocycles. The summed E-state index contributed by atoms with van der Waals surface area (Å²) in [5.74, 6) is 0.749. The predicted octanol–water partition coefficient (Wildman–Crippen LogP) is 1.71. The molecule has 3 rings (SSSR count). The second kappa shape index (κ2) is 8.54. The summed E-state index contributed by atoms with van der Waals surface area (Å²) >= 11 is 0. The van der Waals surface area contributed by atoms with Gasteiger partial charge in [0.25, 0.3) is 0 Å². The van der Waals surface area contributed by atoms with Crippen LogP contribution in [0.5, 0.6) is 5.75 Å². The quantitative estimate of drug-likeness (QED) is 0.768. The third kappa shape index (κ3) is 4.64. The van der Waals surface area contributed by atoms with Crippen LogP contribution in [-0.4, -0.2) is 37.6 Å². The second-order valence-electron chi connectivity index (χ2n) is 6.55. The zero-order chi connectivity index (χ0) is 17.1. The molecule has 1 heterocycles. The highest BCUT2D eigenvalue weighted by Gasteiger charge is 2.37. The van der Waals surface area contributed by atoms with Gasteiger partial charge in [0.15, 0.2) is 0 Å². The molecule has 7 heteroatoms. The molecule has 1 aliphatic carbocycles. The zero-order valence-electron chi connectivity index (χ0n) is 14.4. The van der Waals surface area contributed by atoms with Crippen LogP contribution in [0, 0.1) is 11.8 Å². The fourth-order valence-corrected chi connectivity index (χ4v) is 3.13. The molecule has 2 amide bonds. The van der Waals surface area contributed by atoms with Gasteiger partial charge in [-0.3, -0.25) is 9.59 Å². The van der Waals surface area contributed by atoms with Crippen molar-refractivity contribution in [2.45, 2.75) is 32.2 Å². The molecule has 0 radical (unpaired) electrons. The lowest BCUT2D eigenvalue weighted by Gasteiger charge is -2.20. The normalized spacial score (nSPS) is 20.8. The number of hydrogen-bond acceptors (Lipinski definition) is 4. The molecule has 0 bridgehead atoms. The zero-order valence-corrected chi connectivity index (χ0v) is 15.3. The van der Waals surface area contributed by atoms with Crippen LogP contribution in [0.15, 0.2) is 24.3 Å². The highest BCUT2D eigenvalue weighted by Crippen LogP contribution is 2.33. The van der Waals surface area contributed by atoms with E-state index in [1.807, 2.05) is 31.2 Å². The number of nitrogens with one attached hydrogen (secondary N) is 1. The number of rotatable bonds is 7. The monoisotopic (exact) mass is 367 g/mol. The molecule has 6 nitrogen and oxygen atoms in total. The van der Waals surface area contributed by atoms with Crippen LogP contribution in [0.1, 0.15) is 26.2 Å². The van der Waals surface area contributed by atoms with E-state index >= 15 is 0 Å². The number of carbonyl (C=O) groups excluding carboxylic acids is 2. The number of halogens is 1. The maximum atomic E-state index is 12.4. The van der Waals surface area contributed by atoms with E-state index in [0.29, 0.717) is 31.4 Å². The van der Waals surface area contributed by atoms with Crippen molar-refractivity contribution in [3.63, 3.8) is 0 Å². The standard InChI is InChI=1S/C18H25N3O3.ClH/c1-2-24-16-6-4-3-5-15(16)21-11-13(9-17(21)22)18(23)20-10-14(19)12-7-8-12;/h3-6,12-14H,2,7-11,19H2,1H3,(H,20,23);1H.